The van der Waals surface area contributed by atoms with Gasteiger partial charge in [-0.15, -0.1) is 0 Å². The van der Waals surface area contributed by atoms with E-state index in [1.807, 2.05) is 0 Å². The van der Waals surface area contributed by atoms with Gasteiger partial charge < -0.3 is 9.13 Å². The monoisotopic (exact) mass is 560 g/mol. The molecule has 0 fully saturated rings. The molecule has 9 aromatic rings. The molecule has 206 valence electrons. The van der Waals surface area contributed by atoms with E-state index in [-0.39, 0.29) is 0 Å². The SMILES string of the molecule is c1ccc(-c2ccc3c4ccccc4n(-c4ccccc4)c3c2-c2ccc3c4ccccc4n(-c4ccccc4)c3c2)cc1. The second-order valence-electron chi connectivity index (χ2n) is 11.4. The van der Waals surface area contributed by atoms with Crippen LogP contribution in [0, 0.1) is 0 Å². The van der Waals surface area contributed by atoms with Gasteiger partial charge in [-0.2, -0.15) is 0 Å². The predicted octanol–water partition coefficient (Wildman–Crippen LogP) is 11.2. The smallest absolute Gasteiger partial charge is 0.0625 e. The Morgan fingerprint density at radius 3 is 1.50 bits per heavy atom. The largest absolute Gasteiger partial charge is 0.309 e. The molecule has 2 heterocycles. The number of rotatable bonds is 4. The van der Waals surface area contributed by atoms with E-state index in [1.165, 1.54) is 65.9 Å². The molecule has 0 saturated heterocycles. The molecule has 0 N–H and O–H groups in total. The Labute approximate surface area is 255 Å². The fraction of sp³-hybridized carbons (Fsp3) is 0. The summed E-state index contributed by atoms with van der Waals surface area (Å²) in [7, 11) is 0. The van der Waals surface area contributed by atoms with E-state index in [9.17, 15) is 0 Å². The van der Waals surface area contributed by atoms with Gasteiger partial charge in [0.15, 0.2) is 0 Å². The van der Waals surface area contributed by atoms with Crippen molar-refractivity contribution in [3.05, 3.63) is 170 Å². The van der Waals surface area contributed by atoms with Crippen LogP contribution in [0.4, 0.5) is 0 Å². The van der Waals surface area contributed by atoms with E-state index in [4.69, 9.17) is 0 Å². The summed E-state index contributed by atoms with van der Waals surface area (Å²) in [5, 5.41) is 5.03. The lowest BCUT2D eigenvalue weighted by Crippen LogP contribution is -1.97. The first-order chi connectivity index (χ1) is 21.9. The Bertz CT molecular complexity index is 2470. The Kier molecular flexibility index (Phi) is 5.54. The van der Waals surface area contributed by atoms with Crippen LogP contribution >= 0.6 is 0 Å². The number of nitrogens with zero attached hydrogens (tertiary/aromatic N) is 2. The third-order valence-electron chi connectivity index (χ3n) is 8.91. The zero-order valence-corrected chi connectivity index (χ0v) is 24.1. The molecule has 0 unspecified atom stereocenters. The maximum atomic E-state index is 2.45. The summed E-state index contributed by atoms with van der Waals surface area (Å²) >= 11 is 0. The molecule has 2 nitrogen and oxygen atoms in total. The summed E-state index contributed by atoms with van der Waals surface area (Å²) in [4.78, 5) is 0. The summed E-state index contributed by atoms with van der Waals surface area (Å²) in [5.74, 6) is 0. The summed E-state index contributed by atoms with van der Waals surface area (Å²) in [5.41, 5.74) is 12.0. The molecule has 0 aliphatic heterocycles. The standard InChI is InChI=1S/C42H28N2/c1-4-14-29(15-5-1)33-26-27-37-35-21-11-13-23-39(35)44(32-18-8-3-9-19-32)42(37)41(33)30-24-25-36-34-20-10-12-22-38(34)43(40(36)28-30)31-16-6-2-7-17-31/h1-28H. The predicted molar refractivity (Wildman–Crippen MR) is 186 cm³/mol. The van der Waals surface area contributed by atoms with Crippen LogP contribution in [-0.2, 0) is 0 Å². The van der Waals surface area contributed by atoms with Gasteiger partial charge >= 0.3 is 0 Å². The summed E-state index contributed by atoms with van der Waals surface area (Å²) < 4.78 is 4.85. The van der Waals surface area contributed by atoms with Crippen molar-refractivity contribution >= 4 is 43.6 Å². The van der Waals surface area contributed by atoms with Crippen LogP contribution in [0.5, 0.6) is 0 Å². The molecule has 0 aliphatic carbocycles. The van der Waals surface area contributed by atoms with Crippen molar-refractivity contribution in [2.45, 2.75) is 0 Å². The number of fused-ring (bicyclic) bond motifs is 6. The molecule has 0 atom stereocenters. The first kappa shape index (κ1) is 24.7. The highest BCUT2D eigenvalue weighted by Gasteiger charge is 2.21. The third-order valence-corrected chi connectivity index (χ3v) is 8.91. The molecule has 44 heavy (non-hydrogen) atoms. The van der Waals surface area contributed by atoms with Gasteiger partial charge in [-0.25, -0.2) is 0 Å². The highest BCUT2D eigenvalue weighted by atomic mass is 15.0. The Morgan fingerprint density at radius 1 is 0.318 bits per heavy atom. The molecular formula is C42H28N2. The van der Waals surface area contributed by atoms with E-state index < -0.39 is 0 Å². The van der Waals surface area contributed by atoms with Crippen molar-refractivity contribution < 1.29 is 0 Å². The van der Waals surface area contributed by atoms with E-state index >= 15 is 0 Å². The Hall–Kier alpha value is -5.86. The number of aromatic nitrogens is 2. The molecule has 2 aromatic heterocycles. The van der Waals surface area contributed by atoms with Crippen molar-refractivity contribution in [2.24, 2.45) is 0 Å². The lowest BCUT2D eigenvalue weighted by molar-refractivity contribution is 1.18. The normalized spacial score (nSPS) is 11.6. The molecular weight excluding hydrogens is 532 g/mol. The van der Waals surface area contributed by atoms with E-state index in [0.717, 1.165) is 11.4 Å². The van der Waals surface area contributed by atoms with Crippen molar-refractivity contribution in [3.8, 4) is 33.6 Å². The van der Waals surface area contributed by atoms with Gasteiger partial charge in [-0.05, 0) is 59.2 Å². The van der Waals surface area contributed by atoms with Crippen LogP contribution in [0.2, 0.25) is 0 Å². The summed E-state index contributed by atoms with van der Waals surface area (Å²) in [6.45, 7) is 0. The highest BCUT2D eigenvalue weighted by Crippen LogP contribution is 2.45. The van der Waals surface area contributed by atoms with Crippen LogP contribution in [0.3, 0.4) is 0 Å². The lowest BCUT2D eigenvalue weighted by atomic mass is 9.91. The minimum Gasteiger partial charge on any atom is -0.309 e. The fourth-order valence-corrected chi connectivity index (χ4v) is 7.03. The maximum absolute atomic E-state index is 2.45. The molecule has 7 aromatic carbocycles. The minimum absolute atomic E-state index is 1.16. The van der Waals surface area contributed by atoms with Crippen molar-refractivity contribution in [2.75, 3.05) is 0 Å². The third kappa shape index (κ3) is 3.68. The van der Waals surface area contributed by atoms with E-state index in [0.29, 0.717) is 0 Å². The van der Waals surface area contributed by atoms with Gasteiger partial charge in [0.2, 0.25) is 0 Å². The molecule has 0 radical (unpaired) electrons. The fourth-order valence-electron chi connectivity index (χ4n) is 7.03. The highest BCUT2D eigenvalue weighted by molar-refractivity contribution is 6.17. The van der Waals surface area contributed by atoms with Crippen LogP contribution in [0.25, 0.3) is 77.2 Å². The average Bonchev–Trinajstić information content (AvgIpc) is 3.61. The molecule has 0 aliphatic rings. The molecule has 2 heteroatoms. The molecule has 9 rings (SSSR count). The van der Waals surface area contributed by atoms with Gasteiger partial charge in [-0.3, -0.25) is 0 Å². The van der Waals surface area contributed by atoms with Gasteiger partial charge in [-0.1, -0.05) is 127 Å². The molecule has 0 amide bonds. The lowest BCUT2D eigenvalue weighted by Gasteiger charge is -2.17. The summed E-state index contributed by atoms with van der Waals surface area (Å²) in [6, 6.07) is 61.4. The first-order valence-corrected chi connectivity index (χ1v) is 15.1. The van der Waals surface area contributed by atoms with E-state index in [2.05, 4.69) is 179 Å². The maximum Gasteiger partial charge on any atom is 0.0625 e. The topological polar surface area (TPSA) is 9.86 Å². The van der Waals surface area contributed by atoms with Crippen LogP contribution in [0.1, 0.15) is 0 Å². The summed E-state index contributed by atoms with van der Waals surface area (Å²) in [6.07, 6.45) is 0. The van der Waals surface area contributed by atoms with Gasteiger partial charge in [0.05, 0.1) is 22.1 Å². The van der Waals surface area contributed by atoms with Crippen molar-refractivity contribution in [1.82, 2.24) is 9.13 Å². The van der Waals surface area contributed by atoms with Gasteiger partial charge in [0.25, 0.3) is 0 Å². The molecule has 0 bridgehead atoms. The Morgan fingerprint density at radius 2 is 0.818 bits per heavy atom. The zero-order valence-electron chi connectivity index (χ0n) is 24.1. The number of benzene rings is 7. The van der Waals surface area contributed by atoms with Gasteiger partial charge in [0.1, 0.15) is 0 Å². The zero-order chi connectivity index (χ0) is 29.0. The Balaban J connectivity index is 1.46. The minimum atomic E-state index is 1.16. The second-order valence-corrected chi connectivity index (χ2v) is 11.4. The number of para-hydroxylation sites is 4. The van der Waals surface area contributed by atoms with Crippen molar-refractivity contribution in [3.63, 3.8) is 0 Å². The average molecular weight is 561 g/mol. The number of hydrogen-bond donors (Lipinski definition) is 0. The van der Waals surface area contributed by atoms with Gasteiger partial charge in [0, 0.05) is 38.5 Å². The van der Waals surface area contributed by atoms with Crippen molar-refractivity contribution in [1.29, 1.82) is 0 Å². The molecule has 0 spiro atoms. The van der Waals surface area contributed by atoms with Crippen LogP contribution in [-0.4, -0.2) is 9.13 Å². The molecule has 0 saturated carbocycles. The van der Waals surface area contributed by atoms with Crippen LogP contribution in [0.15, 0.2) is 170 Å². The first-order valence-electron chi connectivity index (χ1n) is 15.1. The number of hydrogen-bond acceptors (Lipinski definition) is 0. The quantitative estimate of drug-likeness (QED) is 0.203. The van der Waals surface area contributed by atoms with Crippen LogP contribution < -0.4 is 0 Å². The van der Waals surface area contributed by atoms with E-state index in [1.54, 1.807) is 0 Å². The second kappa shape index (κ2) is 9.86.